The Bertz CT molecular complexity index is 988. The van der Waals surface area contributed by atoms with E-state index >= 15 is 0 Å². The Morgan fingerprint density at radius 3 is 2.75 bits per heavy atom. The summed E-state index contributed by atoms with van der Waals surface area (Å²) in [5.41, 5.74) is 2.05. The van der Waals surface area contributed by atoms with Gasteiger partial charge >= 0.3 is 0 Å². The molecule has 0 bridgehead atoms. The van der Waals surface area contributed by atoms with Crippen LogP contribution < -0.4 is 4.90 Å². The van der Waals surface area contributed by atoms with Crippen molar-refractivity contribution in [1.29, 1.82) is 0 Å². The fraction of sp³-hybridized carbons (Fsp3) is 0.556. The van der Waals surface area contributed by atoms with E-state index in [9.17, 15) is 4.79 Å². The van der Waals surface area contributed by atoms with E-state index in [0.717, 1.165) is 57.0 Å². The highest BCUT2D eigenvalue weighted by Gasteiger charge is 2.34. The van der Waals surface area contributed by atoms with Crippen LogP contribution in [0, 0.1) is 18.8 Å². The predicted molar refractivity (Wildman–Crippen MR) is 101 cm³/mol. The van der Waals surface area contributed by atoms with Gasteiger partial charge in [-0.25, -0.2) is 4.98 Å². The van der Waals surface area contributed by atoms with E-state index < -0.39 is 0 Å². The standard InChI is InChI=1S/C18H23N9O/c1-12-17(20-11-19-12)18(28)25-7-4-13(5-8-25)14-6-9-26(10-14)16-3-2-15-21-23-24-27(15)22-16/h2-3,11,13-14H,4-10H2,1H3,(H,19,20). The van der Waals surface area contributed by atoms with Crippen LogP contribution in [0.25, 0.3) is 5.65 Å². The maximum absolute atomic E-state index is 12.6. The summed E-state index contributed by atoms with van der Waals surface area (Å²) in [6.07, 6.45) is 4.84. The van der Waals surface area contributed by atoms with Crippen molar-refractivity contribution < 1.29 is 4.79 Å². The van der Waals surface area contributed by atoms with Crippen molar-refractivity contribution in [3.8, 4) is 0 Å². The summed E-state index contributed by atoms with van der Waals surface area (Å²) >= 11 is 0. The van der Waals surface area contributed by atoms with Crippen molar-refractivity contribution in [2.75, 3.05) is 31.1 Å². The summed E-state index contributed by atoms with van der Waals surface area (Å²) in [6, 6.07) is 3.89. The highest BCUT2D eigenvalue weighted by atomic mass is 16.2. The number of fused-ring (bicyclic) bond motifs is 1. The van der Waals surface area contributed by atoms with E-state index in [-0.39, 0.29) is 5.91 Å². The van der Waals surface area contributed by atoms with Gasteiger partial charge in [-0.3, -0.25) is 4.79 Å². The summed E-state index contributed by atoms with van der Waals surface area (Å²) in [4.78, 5) is 24.1. The normalized spacial score (nSPS) is 21.0. The number of piperidine rings is 1. The van der Waals surface area contributed by atoms with E-state index in [1.807, 2.05) is 24.0 Å². The number of hydrogen-bond acceptors (Lipinski definition) is 7. The lowest BCUT2D eigenvalue weighted by Gasteiger charge is -2.34. The van der Waals surface area contributed by atoms with Gasteiger partial charge in [0.25, 0.3) is 5.91 Å². The molecule has 0 aromatic carbocycles. The van der Waals surface area contributed by atoms with Crippen LogP contribution >= 0.6 is 0 Å². The summed E-state index contributed by atoms with van der Waals surface area (Å²) in [5.74, 6) is 2.25. The third kappa shape index (κ3) is 2.98. The van der Waals surface area contributed by atoms with Crippen LogP contribution in [0.2, 0.25) is 0 Å². The molecule has 1 N–H and O–H groups in total. The Balaban J connectivity index is 1.19. The molecule has 5 heterocycles. The second kappa shape index (κ2) is 6.84. The zero-order chi connectivity index (χ0) is 19.1. The summed E-state index contributed by atoms with van der Waals surface area (Å²) in [7, 11) is 0. The molecule has 1 unspecified atom stereocenters. The van der Waals surface area contributed by atoms with E-state index in [0.29, 0.717) is 23.2 Å². The van der Waals surface area contributed by atoms with E-state index in [4.69, 9.17) is 0 Å². The maximum atomic E-state index is 12.6. The predicted octanol–water partition coefficient (Wildman–Crippen LogP) is 0.930. The average molecular weight is 381 g/mol. The third-order valence-corrected chi connectivity index (χ3v) is 6.13. The van der Waals surface area contributed by atoms with Crippen molar-refractivity contribution in [3.05, 3.63) is 29.8 Å². The molecule has 0 spiro atoms. The molecule has 146 valence electrons. The number of carbonyl (C=O) groups is 1. The number of tetrazole rings is 1. The fourth-order valence-corrected chi connectivity index (χ4v) is 4.49. The number of nitrogens with one attached hydrogen (secondary N) is 1. The Kier molecular flexibility index (Phi) is 4.18. The van der Waals surface area contributed by atoms with E-state index in [1.54, 1.807) is 6.33 Å². The van der Waals surface area contributed by atoms with Gasteiger partial charge in [0.2, 0.25) is 0 Å². The third-order valence-electron chi connectivity index (χ3n) is 6.13. The molecule has 1 amide bonds. The fourth-order valence-electron chi connectivity index (χ4n) is 4.49. The topological polar surface area (TPSA) is 108 Å². The first kappa shape index (κ1) is 17.1. The average Bonchev–Trinajstić information content (AvgIpc) is 3.47. The number of anilines is 1. The molecule has 1 atom stereocenters. The lowest BCUT2D eigenvalue weighted by molar-refractivity contribution is 0.0657. The minimum absolute atomic E-state index is 0.0455. The van der Waals surface area contributed by atoms with Gasteiger partial charge in [0, 0.05) is 31.9 Å². The van der Waals surface area contributed by atoms with Gasteiger partial charge in [-0.1, -0.05) is 0 Å². The number of imidazole rings is 1. The quantitative estimate of drug-likeness (QED) is 0.719. The van der Waals surface area contributed by atoms with Crippen LogP contribution in [0.1, 0.15) is 35.4 Å². The summed E-state index contributed by atoms with van der Waals surface area (Å²) < 4.78 is 1.48. The number of amides is 1. The highest BCUT2D eigenvalue weighted by molar-refractivity contribution is 5.93. The lowest BCUT2D eigenvalue weighted by Crippen LogP contribution is -2.41. The molecular formula is C18H23N9O. The molecule has 3 aromatic rings. The molecule has 28 heavy (non-hydrogen) atoms. The Labute approximate surface area is 161 Å². The molecule has 10 nitrogen and oxygen atoms in total. The smallest absolute Gasteiger partial charge is 0.274 e. The lowest BCUT2D eigenvalue weighted by atomic mass is 9.83. The first-order valence-electron chi connectivity index (χ1n) is 9.78. The number of carbonyl (C=O) groups excluding carboxylic acids is 1. The molecule has 2 fully saturated rings. The molecule has 2 saturated heterocycles. The monoisotopic (exact) mass is 381 g/mol. The van der Waals surface area contributed by atoms with Crippen molar-refractivity contribution in [1.82, 2.24) is 40.1 Å². The Morgan fingerprint density at radius 1 is 1.14 bits per heavy atom. The van der Waals surface area contributed by atoms with Gasteiger partial charge in [0.1, 0.15) is 5.69 Å². The van der Waals surface area contributed by atoms with Crippen LogP contribution in [0.15, 0.2) is 18.5 Å². The van der Waals surface area contributed by atoms with Gasteiger partial charge < -0.3 is 14.8 Å². The Hall–Kier alpha value is -3.04. The molecule has 5 rings (SSSR count). The summed E-state index contributed by atoms with van der Waals surface area (Å²) in [6.45, 7) is 5.50. The number of aryl methyl sites for hydroxylation is 1. The first-order chi connectivity index (χ1) is 13.7. The van der Waals surface area contributed by atoms with Gasteiger partial charge in [0.05, 0.1) is 6.33 Å². The SMILES string of the molecule is Cc1[nH]cnc1C(=O)N1CCC(C2CCN(c3ccc4nnnn4n3)C2)CC1. The molecule has 0 radical (unpaired) electrons. The second-order valence-corrected chi connectivity index (χ2v) is 7.72. The molecule has 10 heteroatoms. The molecule has 2 aliphatic rings. The van der Waals surface area contributed by atoms with Crippen molar-refractivity contribution in [2.24, 2.45) is 11.8 Å². The van der Waals surface area contributed by atoms with Gasteiger partial charge in [-0.05, 0) is 60.6 Å². The molecule has 3 aromatic heterocycles. The van der Waals surface area contributed by atoms with Crippen LogP contribution in [0.5, 0.6) is 0 Å². The molecule has 2 aliphatic heterocycles. The van der Waals surface area contributed by atoms with Crippen LogP contribution in [-0.4, -0.2) is 72.2 Å². The zero-order valence-electron chi connectivity index (χ0n) is 15.8. The zero-order valence-corrected chi connectivity index (χ0v) is 15.8. The van der Waals surface area contributed by atoms with Gasteiger partial charge in [-0.15, -0.1) is 14.8 Å². The van der Waals surface area contributed by atoms with Crippen molar-refractivity contribution >= 4 is 17.4 Å². The molecule has 0 saturated carbocycles. The Morgan fingerprint density at radius 2 is 1.96 bits per heavy atom. The number of likely N-dealkylation sites (tertiary alicyclic amines) is 1. The van der Waals surface area contributed by atoms with Crippen LogP contribution in [0.3, 0.4) is 0 Å². The van der Waals surface area contributed by atoms with Crippen LogP contribution in [0.4, 0.5) is 5.82 Å². The second-order valence-electron chi connectivity index (χ2n) is 7.72. The number of aromatic nitrogens is 7. The largest absolute Gasteiger partial charge is 0.355 e. The van der Waals surface area contributed by atoms with E-state index in [2.05, 4.69) is 35.5 Å². The molecular weight excluding hydrogens is 358 g/mol. The number of hydrogen-bond donors (Lipinski definition) is 1. The number of nitrogens with zero attached hydrogens (tertiary/aromatic N) is 8. The highest BCUT2D eigenvalue weighted by Crippen LogP contribution is 2.33. The summed E-state index contributed by atoms with van der Waals surface area (Å²) in [5, 5.41) is 15.9. The van der Waals surface area contributed by atoms with Gasteiger partial charge in [-0.2, -0.15) is 0 Å². The van der Waals surface area contributed by atoms with E-state index in [1.165, 1.54) is 4.63 Å². The minimum atomic E-state index is 0.0455. The van der Waals surface area contributed by atoms with Gasteiger partial charge in [0.15, 0.2) is 11.5 Å². The minimum Gasteiger partial charge on any atom is -0.355 e. The van der Waals surface area contributed by atoms with Crippen molar-refractivity contribution in [3.63, 3.8) is 0 Å². The molecule has 0 aliphatic carbocycles. The first-order valence-corrected chi connectivity index (χ1v) is 9.78. The van der Waals surface area contributed by atoms with Crippen LogP contribution in [-0.2, 0) is 0 Å². The number of H-pyrrole nitrogens is 1. The van der Waals surface area contributed by atoms with Crippen molar-refractivity contribution in [2.45, 2.75) is 26.2 Å². The number of rotatable bonds is 3. The number of aromatic amines is 1. The maximum Gasteiger partial charge on any atom is 0.274 e.